The molecule has 2 N–H and O–H groups in total. The average Bonchev–Trinajstić information content (AvgIpc) is 2.51. The summed E-state index contributed by atoms with van der Waals surface area (Å²) in [7, 11) is 0. The normalized spacial score (nSPS) is 17.0. The van der Waals surface area contributed by atoms with Crippen molar-refractivity contribution < 1.29 is 14.3 Å². The van der Waals surface area contributed by atoms with Gasteiger partial charge >= 0.3 is 0 Å². The van der Waals surface area contributed by atoms with Crippen LogP contribution in [0.2, 0.25) is 5.02 Å². The molecule has 2 amide bonds. The molecule has 0 unspecified atom stereocenters. The number of likely N-dealkylation sites (tertiary alicyclic amines) is 1. The summed E-state index contributed by atoms with van der Waals surface area (Å²) in [6, 6.07) is 3.66. The standard InChI is InChI=1S/C17H23ClN2O3/c1-10-8-14(9-11(2)15(10)18)23-12(3)17(22)20-6-4-13(5-7-20)16(19)21/h8-9,12-13H,4-7H2,1-3H3,(H2,19,21)/t12-/m0/s1. The highest BCUT2D eigenvalue weighted by Crippen LogP contribution is 2.27. The van der Waals surface area contributed by atoms with Gasteiger partial charge in [-0.2, -0.15) is 0 Å². The van der Waals surface area contributed by atoms with Gasteiger partial charge in [0.1, 0.15) is 5.75 Å². The van der Waals surface area contributed by atoms with Gasteiger partial charge in [0, 0.05) is 24.0 Å². The summed E-state index contributed by atoms with van der Waals surface area (Å²) in [4.78, 5) is 25.4. The number of amides is 2. The number of hydrogen-bond donors (Lipinski definition) is 1. The second-order valence-corrected chi connectivity index (χ2v) is 6.51. The second-order valence-electron chi connectivity index (χ2n) is 6.13. The van der Waals surface area contributed by atoms with Gasteiger partial charge in [0.05, 0.1) is 0 Å². The fourth-order valence-electron chi connectivity index (χ4n) is 2.87. The Kier molecular flexibility index (Phi) is 5.52. The van der Waals surface area contributed by atoms with E-state index in [2.05, 4.69) is 0 Å². The summed E-state index contributed by atoms with van der Waals surface area (Å²) >= 11 is 6.14. The molecule has 0 aromatic heterocycles. The minimum Gasteiger partial charge on any atom is -0.481 e. The zero-order chi connectivity index (χ0) is 17.1. The maximum atomic E-state index is 12.5. The van der Waals surface area contributed by atoms with Crippen LogP contribution in [0.3, 0.4) is 0 Å². The molecule has 1 aromatic rings. The molecule has 126 valence electrons. The molecule has 5 nitrogen and oxygen atoms in total. The van der Waals surface area contributed by atoms with E-state index in [4.69, 9.17) is 22.1 Å². The Morgan fingerprint density at radius 3 is 2.26 bits per heavy atom. The van der Waals surface area contributed by atoms with E-state index in [1.54, 1.807) is 11.8 Å². The number of nitrogens with two attached hydrogens (primary N) is 1. The van der Waals surface area contributed by atoms with Crippen LogP contribution in [0.1, 0.15) is 30.9 Å². The van der Waals surface area contributed by atoms with Crippen LogP contribution in [-0.2, 0) is 9.59 Å². The number of aryl methyl sites for hydroxylation is 2. The SMILES string of the molecule is Cc1cc(O[C@@H](C)C(=O)N2CCC(C(N)=O)CC2)cc(C)c1Cl. The average molecular weight is 339 g/mol. The molecular weight excluding hydrogens is 316 g/mol. The third-order valence-electron chi connectivity index (χ3n) is 4.28. The highest BCUT2D eigenvalue weighted by molar-refractivity contribution is 6.32. The minimum atomic E-state index is -0.583. The molecule has 23 heavy (non-hydrogen) atoms. The van der Waals surface area contributed by atoms with Crippen molar-refractivity contribution in [3.05, 3.63) is 28.3 Å². The van der Waals surface area contributed by atoms with Gasteiger partial charge in [0.25, 0.3) is 5.91 Å². The van der Waals surface area contributed by atoms with Gasteiger partial charge in [-0.15, -0.1) is 0 Å². The van der Waals surface area contributed by atoms with Crippen LogP contribution >= 0.6 is 11.6 Å². The summed E-state index contributed by atoms with van der Waals surface area (Å²) in [6.07, 6.45) is 0.653. The minimum absolute atomic E-state index is 0.0711. The molecule has 1 aromatic carbocycles. The molecule has 1 aliphatic rings. The van der Waals surface area contributed by atoms with Crippen LogP contribution < -0.4 is 10.5 Å². The lowest BCUT2D eigenvalue weighted by Crippen LogP contribution is -2.46. The van der Waals surface area contributed by atoms with Crippen molar-refractivity contribution in [2.45, 2.75) is 39.7 Å². The first-order valence-corrected chi connectivity index (χ1v) is 8.19. The molecule has 0 spiro atoms. The van der Waals surface area contributed by atoms with Crippen LogP contribution in [0.15, 0.2) is 12.1 Å². The number of rotatable bonds is 4. The topological polar surface area (TPSA) is 72.6 Å². The number of ether oxygens (including phenoxy) is 1. The van der Waals surface area contributed by atoms with Gasteiger partial charge in [-0.3, -0.25) is 9.59 Å². The predicted molar refractivity (Wildman–Crippen MR) is 89.5 cm³/mol. The van der Waals surface area contributed by atoms with E-state index in [1.807, 2.05) is 26.0 Å². The van der Waals surface area contributed by atoms with Crippen molar-refractivity contribution in [1.82, 2.24) is 4.90 Å². The van der Waals surface area contributed by atoms with E-state index in [0.717, 1.165) is 11.1 Å². The molecule has 1 heterocycles. The van der Waals surface area contributed by atoms with Crippen LogP contribution in [-0.4, -0.2) is 35.9 Å². The Bertz CT molecular complexity index is 587. The highest BCUT2D eigenvalue weighted by atomic mass is 35.5. The van der Waals surface area contributed by atoms with Crippen molar-refractivity contribution in [3.63, 3.8) is 0 Å². The molecule has 1 atom stereocenters. The molecule has 0 saturated carbocycles. The third kappa shape index (κ3) is 4.16. The van der Waals surface area contributed by atoms with Crippen LogP contribution in [0, 0.1) is 19.8 Å². The van der Waals surface area contributed by atoms with Gasteiger partial charge < -0.3 is 15.4 Å². The van der Waals surface area contributed by atoms with Gasteiger partial charge in [-0.1, -0.05) is 11.6 Å². The Morgan fingerprint density at radius 2 is 1.78 bits per heavy atom. The number of carbonyl (C=O) groups is 2. The maximum Gasteiger partial charge on any atom is 0.263 e. The van der Waals surface area contributed by atoms with E-state index in [0.29, 0.717) is 36.7 Å². The fourth-order valence-corrected chi connectivity index (χ4v) is 2.98. The zero-order valence-corrected chi connectivity index (χ0v) is 14.5. The van der Waals surface area contributed by atoms with E-state index in [-0.39, 0.29) is 17.7 Å². The lowest BCUT2D eigenvalue weighted by molar-refractivity contribution is -0.140. The van der Waals surface area contributed by atoms with Crippen LogP contribution in [0.4, 0.5) is 0 Å². The van der Waals surface area contributed by atoms with E-state index >= 15 is 0 Å². The van der Waals surface area contributed by atoms with Gasteiger partial charge in [-0.25, -0.2) is 0 Å². The fraction of sp³-hybridized carbons (Fsp3) is 0.529. The Morgan fingerprint density at radius 1 is 1.26 bits per heavy atom. The monoisotopic (exact) mass is 338 g/mol. The predicted octanol–water partition coefficient (Wildman–Crippen LogP) is 2.45. The van der Waals surface area contributed by atoms with Crippen LogP contribution in [0.5, 0.6) is 5.75 Å². The van der Waals surface area contributed by atoms with Crippen molar-refractivity contribution >= 4 is 23.4 Å². The molecule has 6 heteroatoms. The lowest BCUT2D eigenvalue weighted by Gasteiger charge is -2.32. The van der Waals surface area contributed by atoms with Gasteiger partial charge in [0.15, 0.2) is 6.10 Å². The zero-order valence-electron chi connectivity index (χ0n) is 13.8. The number of nitrogens with zero attached hydrogens (tertiary/aromatic N) is 1. The quantitative estimate of drug-likeness (QED) is 0.916. The first kappa shape index (κ1) is 17.6. The molecule has 1 fully saturated rings. The number of primary amides is 1. The number of halogens is 1. The summed E-state index contributed by atoms with van der Waals surface area (Å²) in [5.74, 6) is 0.154. The van der Waals surface area contributed by atoms with Crippen LogP contribution in [0.25, 0.3) is 0 Å². The third-order valence-corrected chi connectivity index (χ3v) is 4.88. The Labute approximate surface area is 141 Å². The van der Waals surface area contributed by atoms with E-state index in [1.165, 1.54) is 0 Å². The molecule has 2 rings (SSSR count). The summed E-state index contributed by atoms with van der Waals surface area (Å²) in [5, 5.41) is 0.713. The highest BCUT2D eigenvalue weighted by Gasteiger charge is 2.29. The molecule has 1 aliphatic heterocycles. The lowest BCUT2D eigenvalue weighted by atomic mass is 9.96. The van der Waals surface area contributed by atoms with E-state index in [9.17, 15) is 9.59 Å². The van der Waals surface area contributed by atoms with Crippen molar-refractivity contribution in [2.75, 3.05) is 13.1 Å². The second kappa shape index (κ2) is 7.21. The van der Waals surface area contributed by atoms with Crippen molar-refractivity contribution in [1.29, 1.82) is 0 Å². The molecule has 0 bridgehead atoms. The first-order chi connectivity index (χ1) is 10.8. The molecule has 0 radical (unpaired) electrons. The van der Waals surface area contributed by atoms with Gasteiger partial charge in [-0.05, 0) is 56.9 Å². The number of benzene rings is 1. The summed E-state index contributed by atoms with van der Waals surface area (Å²) < 4.78 is 5.78. The molecular formula is C17H23ClN2O3. The summed E-state index contributed by atoms with van der Waals surface area (Å²) in [6.45, 7) is 6.63. The van der Waals surface area contributed by atoms with E-state index < -0.39 is 6.10 Å². The van der Waals surface area contributed by atoms with Crippen molar-refractivity contribution in [3.8, 4) is 5.75 Å². The summed E-state index contributed by atoms with van der Waals surface area (Å²) in [5.41, 5.74) is 7.15. The number of hydrogen-bond acceptors (Lipinski definition) is 3. The smallest absolute Gasteiger partial charge is 0.263 e. The Balaban J connectivity index is 1.97. The largest absolute Gasteiger partial charge is 0.481 e. The number of carbonyl (C=O) groups excluding carboxylic acids is 2. The molecule has 1 saturated heterocycles. The molecule has 0 aliphatic carbocycles. The number of piperidine rings is 1. The van der Waals surface area contributed by atoms with Crippen molar-refractivity contribution in [2.24, 2.45) is 11.7 Å². The Hall–Kier alpha value is -1.75. The maximum absolute atomic E-state index is 12.5. The van der Waals surface area contributed by atoms with Gasteiger partial charge in [0.2, 0.25) is 5.91 Å². The first-order valence-electron chi connectivity index (χ1n) is 7.81.